The quantitative estimate of drug-likeness (QED) is 0.547. The topological polar surface area (TPSA) is 77.0 Å². The molecular formula is C14H10N4OS. The molecule has 0 aliphatic heterocycles. The summed E-state index contributed by atoms with van der Waals surface area (Å²) < 4.78 is 6.75. The van der Waals surface area contributed by atoms with E-state index in [-0.39, 0.29) is 0 Å². The van der Waals surface area contributed by atoms with Crippen LogP contribution in [0.5, 0.6) is 0 Å². The minimum absolute atomic E-state index is 0.453. The summed E-state index contributed by atoms with van der Waals surface area (Å²) in [6.45, 7) is 0. The van der Waals surface area contributed by atoms with E-state index < -0.39 is 0 Å². The highest BCUT2D eigenvalue weighted by Gasteiger charge is 2.07. The maximum Gasteiger partial charge on any atom is 0.300 e. The maximum atomic E-state index is 5.73. The molecule has 0 bridgehead atoms. The van der Waals surface area contributed by atoms with Gasteiger partial charge in [-0.3, -0.25) is 0 Å². The summed E-state index contributed by atoms with van der Waals surface area (Å²) in [5.74, 6) is 0. The van der Waals surface area contributed by atoms with Crippen molar-refractivity contribution in [2.75, 3.05) is 11.1 Å². The van der Waals surface area contributed by atoms with E-state index in [0.717, 1.165) is 21.4 Å². The van der Waals surface area contributed by atoms with Crippen molar-refractivity contribution in [2.45, 2.75) is 0 Å². The third-order valence-electron chi connectivity index (χ3n) is 2.99. The van der Waals surface area contributed by atoms with Gasteiger partial charge in [0.05, 0.1) is 15.7 Å². The average Bonchev–Trinajstić information content (AvgIpc) is 3.03. The zero-order chi connectivity index (χ0) is 13.5. The smallest absolute Gasteiger partial charge is 0.300 e. The molecule has 6 heteroatoms. The molecule has 0 fully saturated rings. The van der Waals surface area contributed by atoms with Crippen LogP contribution >= 0.6 is 11.3 Å². The molecule has 2 aromatic heterocycles. The van der Waals surface area contributed by atoms with Crippen LogP contribution in [0.2, 0.25) is 0 Å². The van der Waals surface area contributed by atoms with Gasteiger partial charge < -0.3 is 15.5 Å². The molecule has 0 aliphatic rings. The first kappa shape index (κ1) is 11.2. The number of thiazole rings is 1. The van der Waals surface area contributed by atoms with Crippen LogP contribution in [0.3, 0.4) is 0 Å². The largest absolute Gasteiger partial charge is 0.423 e. The molecule has 20 heavy (non-hydrogen) atoms. The van der Waals surface area contributed by atoms with Crippen molar-refractivity contribution in [1.29, 1.82) is 0 Å². The summed E-state index contributed by atoms with van der Waals surface area (Å²) in [4.78, 5) is 8.62. The number of fused-ring (bicyclic) bond motifs is 2. The number of oxazole rings is 1. The van der Waals surface area contributed by atoms with Crippen molar-refractivity contribution in [3.63, 3.8) is 0 Å². The summed E-state index contributed by atoms with van der Waals surface area (Å²) in [5, 5.41) is 3.16. The summed E-state index contributed by atoms with van der Waals surface area (Å²) >= 11 is 1.60. The van der Waals surface area contributed by atoms with Crippen LogP contribution in [0.4, 0.5) is 17.4 Å². The monoisotopic (exact) mass is 282 g/mol. The van der Waals surface area contributed by atoms with Gasteiger partial charge >= 0.3 is 0 Å². The fraction of sp³-hybridized carbons (Fsp3) is 0. The molecule has 0 saturated carbocycles. The Morgan fingerprint density at radius 3 is 3.00 bits per heavy atom. The second kappa shape index (κ2) is 4.21. The van der Waals surface area contributed by atoms with Crippen LogP contribution in [0.25, 0.3) is 21.3 Å². The van der Waals surface area contributed by atoms with Gasteiger partial charge in [-0.2, -0.15) is 4.98 Å². The van der Waals surface area contributed by atoms with E-state index in [1.54, 1.807) is 23.5 Å². The van der Waals surface area contributed by atoms with Crippen molar-refractivity contribution in [2.24, 2.45) is 0 Å². The van der Waals surface area contributed by atoms with Crippen LogP contribution in [-0.2, 0) is 0 Å². The first-order chi connectivity index (χ1) is 9.78. The number of nitrogens with two attached hydrogens (primary N) is 1. The highest BCUT2D eigenvalue weighted by Crippen LogP contribution is 2.26. The van der Waals surface area contributed by atoms with E-state index in [0.29, 0.717) is 17.3 Å². The highest BCUT2D eigenvalue weighted by atomic mass is 32.1. The predicted molar refractivity (Wildman–Crippen MR) is 81.3 cm³/mol. The van der Waals surface area contributed by atoms with Gasteiger partial charge in [0.25, 0.3) is 6.01 Å². The average molecular weight is 282 g/mol. The molecular weight excluding hydrogens is 272 g/mol. The van der Waals surface area contributed by atoms with Crippen molar-refractivity contribution in [3.05, 3.63) is 41.9 Å². The molecule has 4 rings (SSSR count). The Kier molecular flexibility index (Phi) is 2.37. The van der Waals surface area contributed by atoms with Gasteiger partial charge in [-0.25, -0.2) is 4.98 Å². The Bertz CT molecular complexity index is 912. The van der Waals surface area contributed by atoms with E-state index >= 15 is 0 Å². The summed E-state index contributed by atoms with van der Waals surface area (Å²) in [6, 6.07) is 11.8. The summed E-state index contributed by atoms with van der Waals surface area (Å²) in [7, 11) is 0. The fourth-order valence-electron chi connectivity index (χ4n) is 2.05. The molecule has 2 aromatic carbocycles. The molecule has 2 heterocycles. The number of rotatable bonds is 2. The minimum Gasteiger partial charge on any atom is -0.423 e. The fourth-order valence-corrected chi connectivity index (χ4v) is 2.77. The van der Waals surface area contributed by atoms with Gasteiger partial charge in [0, 0.05) is 11.4 Å². The number of nitrogens with zero attached hydrogens (tertiary/aromatic N) is 2. The van der Waals surface area contributed by atoms with E-state index in [9.17, 15) is 0 Å². The number of nitrogen functional groups attached to an aromatic ring is 1. The van der Waals surface area contributed by atoms with E-state index in [2.05, 4.69) is 15.3 Å². The van der Waals surface area contributed by atoms with Crippen LogP contribution in [-0.4, -0.2) is 9.97 Å². The van der Waals surface area contributed by atoms with Gasteiger partial charge in [-0.15, -0.1) is 11.3 Å². The molecule has 98 valence electrons. The van der Waals surface area contributed by atoms with Crippen LogP contribution in [0, 0.1) is 0 Å². The number of nitrogens with one attached hydrogen (secondary N) is 1. The van der Waals surface area contributed by atoms with Gasteiger partial charge in [0.2, 0.25) is 0 Å². The SMILES string of the molecule is Nc1ccc2oc(Nc3ccc4ncsc4c3)nc2c1. The first-order valence-corrected chi connectivity index (χ1v) is 6.92. The second-order valence-electron chi connectivity index (χ2n) is 4.41. The molecule has 3 N–H and O–H groups in total. The Morgan fingerprint density at radius 1 is 1.10 bits per heavy atom. The molecule has 0 saturated heterocycles. The van der Waals surface area contributed by atoms with E-state index in [1.807, 2.05) is 29.8 Å². The lowest BCUT2D eigenvalue weighted by molar-refractivity contribution is 0.623. The van der Waals surface area contributed by atoms with E-state index in [4.69, 9.17) is 10.2 Å². The molecule has 5 nitrogen and oxygen atoms in total. The Labute approximate surface area is 118 Å². The third kappa shape index (κ3) is 1.86. The van der Waals surface area contributed by atoms with Crippen LogP contribution in [0.15, 0.2) is 46.3 Å². The zero-order valence-corrected chi connectivity index (χ0v) is 11.1. The minimum atomic E-state index is 0.453. The second-order valence-corrected chi connectivity index (χ2v) is 5.29. The lowest BCUT2D eigenvalue weighted by Crippen LogP contribution is -1.89. The Morgan fingerprint density at radius 2 is 2.05 bits per heavy atom. The van der Waals surface area contributed by atoms with Gasteiger partial charge in [0.1, 0.15) is 5.52 Å². The molecule has 4 aromatic rings. The molecule has 0 spiro atoms. The lowest BCUT2D eigenvalue weighted by Gasteiger charge is -2.00. The van der Waals surface area contributed by atoms with E-state index in [1.165, 1.54) is 0 Å². The predicted octanol–water partition coefficient (Wildman–Crippen LogP) is 3.76. The maximum absolute atomic E-state index is 5.73. The summed E-state index contributed by atoms with van der Waals surface area (Å²) in [6.07, 6.45) is 0. The summed E-state index contributed by atoms with van der Waals surface area (Å²) in [5.41, 5.74) is 11.6. The molecule has 0 atom stereocenters. The van der Waals surface area contributed by atoms with Crippen LogP contribution in [0.1, 0.15) is 0 Å². The van der Waals surface area contributed by atoms with Gasteiger partial charge in [-0.05, 0) is 36.4 Å². The number of anilines is 3. The Balaban J connectivity index is 1.72. The van der Waals surface area contributed by atoms with Crippen molar-refractivity contribution in [3.8, 4) is 0 Å². The number of hydrogen-bond acceptors (Lipinski definition) is 6. The molecule has 0 radical (unpaired) electrons. The van der Waals surface area contributed by atoms with Gasteiger partial charge in [0.15, 0.2) is 5.58 Å². The van der Waals surface area contributed by atoms with Crippen molar-refractivity contribution >= 4 is 50.0 Å². The third-order valence-corrected chi connectivity index (χ3v) is 3.79. The highest BCUT2D eigenvalue weighted by molar-refractivity contribution is 7.16. The molecule has 0 aliphatic carbocycles. The first-order valence-electron chi connectivity index (χ1n) is 6.04. The molecule has 0 amide bonds. The molecule has 0 unspecified atom stereocenters. The van der Waals surface area contributed by atoms with Crippen molar-refractivity contribution in [1.82, 2.24) is 9.97 Å². The Hall–Kier alpha value is -2.60. The lowest BCUT2D eigenvalue weighted by atomic mass is 10.3. The normalized spacial score (nSPS) is 11.2. The van der Waals surface area contributed by atoms with Crippen molar-refractivity contribution < 1.29 is 4.42 Å². The number of benzene rings is 2. The zero-order valence-electron chi connectivity index (χ0n) is 10.3. The standard InChI is InChI=1S/C14H10N4OS/c15-8-1-4-12-11(5-8)18-14(19-12)17-9-2-3-10-13(6-9)20-7-16-10/h1-7H,15H2,(H,17,18). The van der Waals surface area contributed by atoms with Gasteiger partial charge in [-0.1, -0.05) is 0 Å². The number of hydrogen-bond donors (Lipinski definition) is 2. The van der Waals surface area contributed by atoms with Crippen LogP contribution < -0.4 is 11.1 Å². The number of aromatic nitrogens is 2.